The van der Waals surface area contributed by atoms with Gasteiger partial charge >= 0.3 is 0 Å². The van der Waals surface area contributed by atoms with E-state index in [-0.39, 0.29) is 0 Å². The second-order valence-corrected chi connectivity index (χ2v) is 11.3. The van der Waals surface area contributed by atoms with Crippen LogP contribution in [0.5, 0.6) is 0 Å². The van der Waals surface area contributed by atoms with E-state index in [1.54, 1.807) is 0 Å². The van der Waals surface area contributed by atoms with Crippen LogP contribution in [0, 0.1) is 0 Å². The number of hydrogen-bond acceptors (Lipinski definition) is 5. The van der Waals surface area contributed by atoms with Crippen LogP contribution in [-0.4, -0.2) is 21.5 Å². The summed E-state index contributed by atoms with van der Waals surface area (Å²) in [5.41, 5.74) is 8.99. The number of rotatable bonds is 4. The van der Waals surface area contributed by atoms with Gasteiger partial charge in [-0.2, -0.15) is 0 Å². The molecule has 0 saturated carbocycles. The summed E-state index contributed by atoms with van der Waals surface area (Å²) in [5, 5.41) is 7.81. The molecule has 0 amide bonds. The summed E-state index contributed by atoms with van der Waals surface area (Å²) in [4.78, 5) is 15.2. The molecule has 45 heavy (non-hydrogen) atoms. The molecule has 0 atom stereocenters. The fraction of sp³-hybridized carbons (Fsp3) is 0.0250. The first-order valence-corrected chi connectivity index (χ1v) is 15.1. The smallest absolute Gasteiger partial charge is 0.164 e. The van der Waals surface area contributed by atoms with Gasteiger partial charge < -0.3 is 9.73 Å². The summed E-state index contributed by atoms with van der Waals surface area (Å²) >= 11 is 0. The summed E-state index contributed by atoms with van der Waals surface area (Å²) in [7, 11) is 0. The van der Waals surface area contributed by atoms with E-state index in [2.05, 4.69) is 96.3 Å². The van der Waals surface area contributed by atoms with Crippen LogP contribution in [0.15, 0.2) is 138 Å². The third-order valence-electron chi connectivity index (χ3n) is 8.49. The third-order valence-corrected chi connectivity index (χ3v) is 8.49. The molecule has 0 aliphatic carbocycles. The SMILES string of the molecule is C1=Cc2cc3oc4cccc(-c5nc(-c6ccccc6)nc(-c6ccc7ccc(-c8ccccc8)cc7c6)n5)c4c3cc2NC1. The molecule has 0 fully saturated rings. The quantitative estimate of drug-likeness (QED) is 0.225. The lowest BCUT2D eigenvalue weighted by Crippen LogP contribution is -2.03. The second-order valence-electron chi connectivity index (χ2n) is 11.3. The minimum Gasteiger partial charge on any atom is -0.456 e. The van der Waals surface area contributed by atoms with Crippen molar-refractivity contribution in [1.29, 1.82) is 0 Å². The van der Waals surface area contributed by atoms with E-state index < -0.39 is 0 Å². The molecule has 8 aromatic rings. The molecule has 5 nitrogen and oxygen atoms in total. The Morgan fingerprint density at radius 2 is 1.24 bits per heavy atom. The molecule has 3 heterocycles. The van der Waals surface area contributed by atoms with Crippen LogP contribution < -0.4 is 5.32 Å². The Balaban J connectivity index is 1.25. The zero-order valence-electron chi connectivity index (χ0n) is 24.2. The van der Waals surface area contributed by atoms with Crippen LogP contribution in [0.1, 0.15) is 5.56 Å². The van der Waals surface area contributed by atoms with Gasteiger partial charge in [0.15, 0.2) is 17.5 Å². The summed E-state index contributed by atoms with van der Waals surface area (Å²) in [5.74, 6) is 1.86. The Morgan fingerprint density at radius 3 is 2.07 bits per heavy atom. The molecule has 1 aliphatic heterocycles. The minimum absolute atomic E-state index is 0.607. The van der Waals surface area contributed by atoms with Gasteiger partial charge in [0, 0.05) is 45.3 Å². The fourth-order valence-corrected chi connectivity index (χ4v) is 6.26. The second kappa shape index (κ2) is 10.3. The van der Waals surface area contributed by atoms with Crippen molar-refractivity contribution in [2.75, 3.05) is 11.9 Å². The molecule has 0 spiro atoms. The highest BCUT2D eigenvalue weighted by Gasteiger charge is 2.19. The Hall–Kier alpha value is -6.07. The maximum absolute atomic E-state index is 6.37. The summed E-state index contributed by atoms with van der Waals surface area (Å²) in [6.07, 6.45) is 4.26. The van der Waals surface area contributed by atoms with Gasteiger partial charge in [-0.25, -0.2) is 15.0 Å². The predicted octanol–water partition coefficient (Wildman–Crippen LogP) is 10.0. The molecule has 2 aromatic heterocycles. The Labute approximate surface area is 259 Å². The number of hydrogen-bond donors (Lipinski definition) is 1. The van der Waals surface area contributed by atoms with Crippen LogP contribution in [0.2, 0.25) is 0 Å². The molecular formula is C40H26N4O. The Bertz CT molecular complexity index is 2430. The molecule has 0 saturated heterocycles. The maximum atomic E-state index is 6.37. The van der Waals surface area contributed by atoms with Gasteiger partial charge in [-0.05, 0) is 52.2 Å². The van der Waals surface area contributed by atoms with E-state index in [4.69, 9.17) is 19.4 Å². The highest BCUT2D eigenvalue weighted by Crippen LogP contribution is 2.39. The van der Waals surface area contributed by atoms with Crippen LogP contribution in [-0.2, 0) is 0 Å². The number of aromatic nitrogens is 3. The van der Waals surface area contributed by atoms with Gasteiger partial charge in [0.1, 0.15) is 11.2 Å². The van der Waals surface area contributed by atoms with Crippen LogP contribution >= 0.6 is 0 Å². The highest BCUT2D eigenvalue weighted by molar-refractivity contribution is 6.13. The van der Waals surface area contributed by atoms with Crippen molar-refractivity contribution in [2.24, 2.45) is 0 Å². The summed E-state index contributed by atoms with van der Waals surface area (Å²) in [6.45, 7) is 0.803. The van der Waals surface area contributed by atoms with Gasteiger partial charge in [-0.15, -0.1) is 0 Å². The van der Waals surface area contributed by atoms with Crippen LogP contribution in [0.25, 0.3) is 84.1 Å². The average molecular weight is 579 g/mol. The average Bonchev–Trinajstić information content (AvgIpc) is 3.48. The third kappa shape index (κ3) is 4.45. The molecule has 1 aliphatic rings. The Kier molecular flexibility index (Phi) is 5.81. The van der Waals surface area contributed by atoms with Gasteiger partial charge in [-0.1, -0.05) is 109 Å². The predicted molar refractivity (Wildman–Crippen MR) is 184 cm³/mol. The molecule has 0 bridgehead atoms. The van der Waals surface area contributed by atoms with Gasteiger partial charge in [-0.3, -0.25) is 0 Å². The lowest BCUT2D eigenvalue weighted by atomic mass is 9.99. The van der Waals surface area contributed by atoms with Crippen molar-refractivity contribution >= 4 is 44.5 Å². The molecule has 9 rings (SSSR count). The van der Waals surface area contributed by atoms with E-state index in [0.717, 1.165) is 67.2 Å². The van der Waals surface area contributed by atoms with Crippen molar-refractivity contribution in [3.05, 3.63) is 139 Å². The monoisotopic (exact) mass is 578 g/mol. The molecular weight excluding hydrogens is 552 g/mol. The Morgan fingerprint density at radius 1 is 0.533 bits per heavy atom. The summed E-state index contributed by atoms with van der Waals surface area (Å²) in [6, 6.07) is 43.9. The topological polar surface area (TPSA) is 63.8 Å². The van der Waals surface area contributed by atoms with Crippen molar-refractivity contribution < 1.29 is 4.42 Å². The van der Waals surface area contributed by atoms with Crippen molar-refractivity contribution in [2.45, 2.75) is 0 Å². The van der Waals surface area contributed by atoms with E-state index in [9.17, 15) is 0 Å². The standard InChI is InChI=1S/C40H26N4O/c1-3-9-25(10-4-1)28-18-16-26-17-19-30(22-31(26)21-28)39-42-38(27-11-5-2-6-12-27)43-40(44-39)32-14-7-15-35-37(32)33-24-34-29(13-8-20-41-34)23-36(33)45-35/h1-19,21-24,41H,20H2. The molecule has 1 N–H and O–H groups in total. The highest BCUT2D eigenvalue weighted by atomic mass is 16.3. The number of nitrogens with zero attached hydrogens (tertiary/aromatic N) is 3. The molecule has 212 valence electrons. The molecule has 5 heteroatoms. The van der Waals surface area contributed by atoms with E-state index in [1.165, 1.54) is 11.1 Å². The summed E-state index contributed by atoms with van der Waals surface area (Å²) < 4.78 is 6.37. The van der Waals surface area contributed by atoms with Gasteiger partial charge in [0.25, 0.3) is 0 Å². The van der Waals surface area contributed by atoms with E-state index in [0.29, 0.717) is 17.5 Å². The van der Waals surface area contributed by atoms with Crippen molar-refractivity contribution in [1.82, 2.24) is 15.0 Å². The van der Waals surface area contributed by atoms with E-state index >= 15 is 0 Å². The first-order valence-electron chi connectivity index (χ1n) is 15.1. The molecule has 6 aromatic carbocycles. The number of nitrogens with one attached hydrogen (secondary N) is 1. The fourth-order valence-electron chi connectivity index (χ4n) is 6.26. The normalized spacial score (nSPS) is 12.4. The van der Waals surface area contributed by atoms with Crippen LogP contribution in [0.4, 0.5) is 5.69 Å². The zero-order chi connectivity index (χ0) is 29.7. The van der Waals surface area contributed by atoms with Crippen molar-refractivity contribution in [3.63, 3.8) is 0 Å². The van der Waals surface area contributed by atoms with Gasteiger partial charge in [0.2, 0.25) is 0 Å². The lowest BCUT2D eigenvalue weighted by molar-refractivity contribution is 0.669. The molecule has 0 unspecified atom stereocenters. The molecule has 0 radical (unpaired) electrons. The lowest BCUT2D eigenvalue weighted by Gasteiger charge is -2.13. The minimum atomic E-state index is 0.607. The van der Waals surface area contributed by atoms with Gasteiger partial charge in [0.05, 0.1) is 0 Å². The van der Waals surface area contributed by atoms with E-state index in [1.807, 2.05) is 48.5 Å². The first-order chi connectivity index (χ1) is 22.3. The maximum Gasteiger partial charge on any atom is 0.164 e. The first kappa shape index (κ1) is 25.4. The number of anilines is 1. The number of furan rings is 1. The van der Waals surface area contributed by atoms with Crippen LogP contribution in [0.3, 0.4) is 0 Å². The zero-order valence-corrected chi connectivity index (χ0v) is 24.2. The number of fused-ring (bicyclic) bond motifs is 5. The number of benzene rings is 6. The van der Waals surface area contributed by atoms with Crippen molar-refractivity contribution in [3.8, 4) is 45.3 Å². The largest absolute Gasteiger partial charge is 0.456 e.